The molecule has 1 amide bonds. The highest BCUT2D eigenvalue weighted by Crippen LogP contribution is 2.23. The van der Waals surface area contributed by atoms with Crippen molar-refractivity contribution in [2.45, 2.75) is 6.54 Å². The van der Waals surface area contributed by atoms with Crippen molar-refractivity contribution < 1.29 is 19.0 Å². The number of carbonyl (C=O) groups excluding carboxylic acids is 1. The first-order chi connectivity index (χ1) is 9.60. The summed E-state index contributed by atoms with van der Waals surface area (Å²) in [6, 6.07) is 10.3. The van der Waals surface area contributed by atoms with Crippen LogP contribution in [0.5, 0.6) is 11.5 Å². The smallest absolute Gasteiger partial charge is 0.255 e. The fraction of sp³-hybridized carbons (Fsp3) is 0.133. The Bertz CT molecular complexity index is 611. The average Bonchev–Trinajstić information content (AvgIpc) is 2.46. The second kappa shape index (κ2) is 6.06. The lowest BCUT2D eigenvalue weighted by Crippen LogP contribution is -2.22. The summed E-state index contributed by atoms with van der Waals surface area (Å²) in [5, 5.41) is 12.4. The molecule has 0 heterocycles. The molecule has 0 radical (unpaired) electrons. The predicted octanol–water partition coefficient (Wildman–Crippen LogP) is 2.47. The first-order valence-corrected chi connectivity index (χ1v) is 6.00. The van der Waals surface area contributed by atoms with Gasteiger partial charge >= 0.3 is 0 Å². The number of carbonyl (C=O) groups is 1. The van der Waals surface area contributed by atoms with E-state index in [0.29, 0.717) is 5.75 Å². The Morgan fingerprint density at radius 3 is 2.55 bits per heavy atom. The zero-order valence-electron chi connectivity index (χ0n) is 10.9. The fourth-order valence-corrected chi connectivity index (χ4v) is 1.71. The number of nitrogens with one attached hydrogen (secondary N) is 1. The van der Waals surface area contributed by atoms with Gasteiger partial charge in [0.05, 0.1) is 12.7 Å². The van der Waals surface area contributed by atoms with E-state index in [1.165, 1.54) is 31.4 Å². The molecule has 0 spiro atoms. The van der Waals surface area contributed by atoms with Gasteiger partial charge in [0.25, 0.3) is 5.91 Å². The topological polar surface area (TPSA) is 58.6 Å². The van der Waals surface area contributed by atoms with Gasteiger partial charge in [-0.05, 0) is 29.8 Å². The van der Waals surface area contributed by atoms with Crippen LogP contribution in [0.1, 0.15) is 15.9 Å². The quantitative estimate of drug-likeness (QED) is 0.901. The van der Waals surface area contributed by atoms with Crippen LogP contribution >= 0.6 is 0 Å². The van der Waals surface area contributed by atoms with E-state index in [4.69, 9.17) is 4.74 Å². The van der Waals surface area contributed by atoms with Crippen LogP contribution in [0.4, 0.5) is 4.39 Å². The third-order valence-electron chi connectivity index (χ3n) is 2.82. The molecule has 2 aromatic carbocycles. The number of phenols is 1. The van der Waals surface area contributed by atoms with Crippen LogP contribution in [0, 0.1) is 5.82 Å². The SMILES string of the molecule is COc1ccc(C(=O)NCc2ccc(F)cc2)c(O)c1. The second-order valence-electron chi connectivity index (χ2n) is 4.19. The van der Waals surface area contributed by atoms with Crippen LogP contribution in [0.15, 0.2) is 42.5 Å². The van der Waals surface area contributed by atoms with E-state index in [1.54, 1.807) is 18.2 Å². The summed E-state index contributed by atoms with van der Waals surface area (Å²) >= 11 is 0. The Morgan fingerprint density at radius 2 is 1.95 bits per heavy atom. The minimum absolute atomic E-state index is 0.152. The number of aromatic hydroxyl groups is 1. The molecule has 0 aromatic heterocycles. The molecular formula is C15H14FNO3. The molecule has 0 aliphatic heterocycles. The number of benzene rings is 2. The zero-order chi connectivity index (χ0) is 14.5. The highest BCUT2D eigenvalue weighted by molar-refractivity contribution is 5.96. The normalized spacial score (nSPS) is 10.1. The van der Waals surface area contributed by atoms with Crippen molar-refractivity contribution in [3.8, 4) is 11.5 Å². The van der Waals surface area contributed by atoms with Gasteiger partial charge in [-0.25, -0.2) is 4.39 Å². The summed E-state index contributed by atoms with van der Waals surface area (Å²) < 4.78 is 17.7. The van der Waals surface area contributed by atoms with Crippen LogP contribution in [-0.4, -0.2) is 18.1 Å². The Hall–Kier alpha value is -2.56. The minimum Gasteiger partial charge on any atom is -0.507 e. The molecule has 2 rings (SSSR count). The molecular weight excluding hydrogens is 261 g/mol. The van der Waals surface area contributed by atoms with Crippen molar-refractivity contribution in [2.75, 3.05) is 7.11 Å². The van der Waals surface area contributed by atoms with E-state index in [2.05, 4.69) is 5.32 Å². The molecule has 0 atom stereocenters. The minimum atomic E-state index is -0.408. The largest absolute Gasteiger partial charge is 0.507 e. The Balaban J connectivity index is 2.03. The molecule has 2 aromatic rings. The molecule has 104 valence electrons. The summed E-state index contributed by atoms with van der Waals surface area (Å²) in [5.41, 5.74) is 0.931. The molecule has 0 aliphatic carbocycles. The van der Waals surface area contributed by atoms with Crippen molar-refractivity contribution in [1.82, 2.24) is 5.32 Å². The third kappa shape index (κ3) is 3.26. The van der Waals surface area contributed by atoms with Crippen molar-refractivity contribution in [1.29, 1.82) is 0 Å². The van der Waals surface area contributed by atoms with Crippen LogP contribution in [0.25, 0.3) is 0 Å². The Kier molecular flexibility index (Phi) is 4.20. The fourth-order valence-electron chi connectivity index (χ4n) is 1.71. The van der Waals surface area contributed by atoms with Crippen LogP contribution in [-0.2, 0) is 6.54 Å². The van der Waals surface area contributed by atoms with Crippen LogP contribution < -0.4 is 10.1 Å². The number of amides is 1. The van der Waals surface area contributed by atoms with Gasteiger partial charge in [-0.1, -0.05) is 12.1 Å². The van der Waals surface area contributed by atoms with Gasteiger partial charge in [-0.3, -0.25) is 4.79 Å². The van der Waals surface area contributed by atoms with Crippen molar-refractivity contribution in [2.24, 2.45) is 0 Å². The van der Waals surface area contributed by atoms with Crippen LogP contribution in [0.2, 0.25) is 0 Å². The predicted molar refractivity (Wildman–Crippen MR) is 72.2 cm³/mol. The molecule has 0 fully saturated rings. The standard InChI is InChI=1S/C15H14FNO3/c1-20-12-6-7-13(14(18)8-12)15(19)17-9-10-2-4-11(16)5-3-10/h2-8,18H,9H2,1H3,(H,17,19). The molecule has 0 unspecified atom stereocenters. The molecule has 20 heavy (non-hydrogen) atoms. The van der Waals surface area contributed by atoms with Crippen molar-refractivity contribution >= 4 is 5.91 Å². The number of ether oxygens (including phenoxy) is 1. The number of halogens is 1. The summed E-state index contributed by atoms with van der Waals surface area (Å²) in [7, 11) is 1.48. The molecule has 2 N–H and O–H groups in total. The summed E-state index contributed by atoms with van der Waals surface area (Å²) in [5.74, 6) is -0.416. The molecule has 0 saturated carbocycles. The first-order valence-electron chi connectivity index (χ1n) is 6.00. The number of rotatable bonds is 4. The number of hydrogen-bond acceptors (Lipinski definition) is 3. The summed E-state index contributed by atoms with van der Waals surface area (Å²) in [6.07, 6.45) is 0. The van der Waals surface area contributed by atoms with Gasteiger partial charge in [-0.15, -0.1) is 0 Å². The zero-order valence-corrected chi connectivity index (χ0v) is 10.9. The molecule has 4 nitrogen and oxygen atoms in total. The first kappa shape index (κ1) is 13.9. The molecule has 0 bridgehead atoms. The number of methoxy groups -OCH3 is 1. The monoisotopic (exact) mass is 275 g/mol. The maximum absolute atomic E-state index is 12.7. The highest BCUT2D eigenvalue weighted by atomic mass is 19.1. The number of phenolic OH excluding ortho intramolecular Hbond substituents is 1. The van der Waals surface area contributed by atoms with E-state index in [0.717, 1.165) is 5.56 Å². The maximum atomic E-state index is 12.7. The van der Waals surface area contributed by atoms with Gasteiger partial charge in [0.2, 0.25) is 0 Å². The van der Waals surface area contributed by atoms with E-state index in [9.17, 15) is 14.3 Å². The lowest BCUT2D eigenvalue weighted by Gasteiger charge is -2.08. The van der Waals surface area contributed by atoms with E-state index in [-0.39, 0.29) is 23.7 Å². The van der Waals surface area contributed by atoms with Gasteiger partial charge < -0.3 is 15.2 Å². The van der Waals surface area contributed by atoms with E-state index in [1.807, 2.05) is 0 Å². The van der Waals surface area contributed by atoms with Gasteiger partial charge in [-0.2, -0.15) is 0 Å². The highest BCUT2D eigenvalue weighted by Gasteiger charge is 2.11. The lowest BCUT2D eigenvalue weighted by molar-refractivity contribution is 0.0948. The molecule has 0 saturated heterocycles. The number of hydrogen-bond donors (Lipinski definition) is 2. The average molecular weight is 275 g/mol. The van der Waals surface area contributed by atoms with Crippen LogP contribution in [0.3, 0.4) is 0 Å². The van der Waals surface area contributed by atoms with Crippen molar-refractivity contribution in [3.63, 3.8) is 0 Å². The van der Waals surface area contributed by atoms with Gasteiger partial charge in [0.1, 0.15) is 17.3 Å². The Morgan fingerprint density at radius 1 is 1.25 bits per heavy atom. The van der Waals surface area contributed by atoms with Crippen molar-refractivity contribution in [3.05, 3.63) is 59.4 Å². The summed E-state index contributed by atoms with van der Waals surface area (Å²) in [6.45, 7) is 0.255. The summed E-state index contributed by atoms with van der Waals surface area (Å²) in [4.78, 5) is 11.9. The van der Waals surface area contributed by atoms with E-state index < -0.39 is 5.91 Å². The third-order valence-corrected chi connectivity index (χ3v) is 2.82. The Labute approximate surface area is 115 Å². The van der Waals surface area contributed by atoms with Gasteiger partial charge in [0, 0.05) is 12.6 Å². The van der Waals surface area contributed by atoms with Gasteiger partial charge in [0.15, 0.2) is 0 Å². The lowest BCUT2D eigenvalue weighted by atomic mass is 10.1. The van der Waals surface area contributed by atoms with E-state index >= 15 is 0 Å². The maximum Gasteiger partial charge on any atom is 0.255 e. The molecule has 5 heteroatoms. The molecule has 0 aliphatic rings. The second-order valence-corrected chi connectivity index (χ2v) is 4.19.